The molecule has 0 bridgehead atoms. The molecule has 1 unspecified atom stereocenters. The van der Waals surface area contributed by atoms with E-state index in [1.54, 1.807) is 26.8 Å². The van der Waals surface area contributed by atoms with Crippen LogP contribution in [0.25, 0.3) is 0 Å². The van der Waals surface area contributed by atoms with Gasteiger partial charge in [0.25, 0.3) is 0 Å². The van der Waals surface area contributed by atoms with Gasteiger partial charge in [-0.2, -0.15) is 0 Å². The molecule has 2 amide bonds. The molecule has 0 heterocycles. The Morgan fingerprint density at radius 1 is 1.10 bits per heavy atom. The first-order valence-corrected chi connectivity index (χ1v) is 10.5. The number of alkyl carbamates (subject to hydrolysis) is 1. The first kappa shape index (κ1) is 26.1. The second-order valence-electron chi connectivity index (χ2n) is 8.20. The smallest absolute Gasteiger partial charge is 0.407 e. The van der Waals surface area contributed by atoms with E-state index in [9.17, 15) is 24.6 Å². The monoisotopic (exact) mass is 438 g/mol. The summed E-state index contributed by atoms with van der Waals surface area (Å²) in [6.45, 7) is 7.74. The molecule has 0 spiro atoms. The minimum Gasteiger partial charge on any atom is -0.504 e. The normalized spacial score (nSPS) is 12.0. The number of aromatic hydroxyl groups is 2. The Bertz CT molecular complexity index is 744. The van der Waals surface area contributed by atoms with E-state index in [-0.39, 0.29) is 43.4 Å². The van der Waals surface area contributed by atoms with E-state index >= 15 is 0 Å². The summed E-state index contributed by atoms with van der Waals surface area (Å²) in [5.41, 5.74) is -0.0465. The lowest BCUT2D eigenvalue weighted by Crippen LogP contribution is -2.43. The molecule has 0 aliphatic carbocycles. The van der Waals surface area contributed by atoms with Gasteiger partial charge in [0.15, 0.2) is 11.5 Å². The second-order valence-corrected chi connectivity index (χ2v) is 8.20. The number of benzene rings is 1. The highest BCUT2D eigenvalue weighted by atomic mass is 16.6. The first-order valence-electron chi connectivity index (χ1n) is 10.5. The molecule has 4 N–H and O–H groups in total. The zero-order valence-corrected chi connectivity index (χ0v) is 18.7. The summed E-state index contributed by atoms with van der Waals surface area (Å²) in [6, 6.07) is 3.26. The first-order chi connectivity index (χ1) is 14.5. The van der Waals surface area contributed by atoms with Crippen molar-refractivity contribution < 1.29 is 34.1 Å². The summed E-state index contributed by atoms with van der Waals surface area (Å²) < 4.78 is 10.4. The maximum absolute atomic E-state index is 12.4. The van der Waals surface area contributed by atoms with Gasteiger partial charge in [-0.25, -0.2) is 9.59 Å². The molecule has 1 rings (SSSR count). The average Bonchev–Trinajstić information content (AvgIpc) is 2.66. The molecule has 31 heavy (non-hydrogen) atoms. The quantitative estimate of drug-likeness (QED) is 0.237. The van der Waals surface area contributed by atoms with Crippen molar-refractivity contribution in [2.75, 3.05) is 13.2 Å². The van der Waals surface area contributed by atoms with E-state index in [2.05, 4.69) is 10.6 Å². The maximum Gasteiger partial charge on any atom is 0.407 e. The molecule has 1 atom stereocenters. The van der Waals surface area contributed by atoms with Crippen LogP contribution in [0.15, 0.2) is 18.2 Å². The summed E-state index contributed by atoms with van der Waals surface area (Å²) in [6.07, 6.45) is 1.57. The Balaban J connectivity index is 2.60. The molecule has 0 aliphatic rings. The number of hydrogen-bond acceptors (Lipinski definition) is 7. The molecule has 0 aliphatic heterocycles. The summed E-state index contributed by atoms with van der Waals surface area (Å²) in [7, 11) is 0. The topological polar surface area (TPSA) is 134 Å². The molecule has 0 aromatic heterocycles. The molecule has 1 aromatic carbocycles. The molecule has 174 valence electrons. The highest BCUT2D eigenvalue weighted by Gasteiger charge is 2.23. The number of esters is 1. The van der Waals surface area contributed by atoms with Crippen molar-refractivity contribution in [1.29, 1.82) is 0 Å². The van der Waals surface area contributed by atoms with Crippen LogP contribution in [0, 0.1) is 0 Å². The Morgan fingerprint density at radius 3 is 2.42 bits per heavy atom. The number of unbranched alkanes of at least 4 members (excludes halogenated alkanes) is 1. The van der Waals surface area contributed by atoms with Gasteiger partial charge >= 0.3 is 12.1 Å². The van der Waals surface area contributed by atoms with E-state index in [4.69, 9.17) is 9.47 Å². The number of hydrogen-bond donors (Lipinski definition) is 4. The molecule has 9 heteroatoms. The minimum atomic E-state index is -0.938. The van der Waals surface area contributed by atoms with Gasteiger partial charge in [-0.05, 0) is 51.3 Å². The third kappa shape index (κ3) is 11.1. The molecule has 9 nitrogen and oxygen atoms in total. The highest BCUT2D eigenvalue weighted by molar-refractivity contribution is 5.84. The van der Waals surface area contributed by atoms with Crippen LogP contribution in [0.1, 0.15) is 58.9 Å². The summed E-state index contributed by atoms with van der Waals surface area (Å²) in [5, 5.41) is 24.3. The Hall–Kier alpha value is -2.97. The van der Waals surface area contributed by atoms with Crippen LogP contribution < -0.4 is 10.6 Å². The summed E-state index contributed by atoms with van der Waals surface area (Å²) >= 11 is 0. The zero-order valence-electron chi connectivity index (χ0n) is 18.7. The van der Waals surface area contributed by atoms with Crippen LogP contribution in [0.2, 0.25) is 0 Å². The number of amides is 2. The highest BCUT2D eigenvalue weighted by Crippen LogP contribution is 2.25. The van der Waals surface area contributed by atoms with Crippen molar-refractivity contribution in [2.24, 2.45) is 0 Å². The maximum atomic E-state index is 12.4. The Labute approximate surface area is 183 Å². The number of carbonyl (C=O) groups excluding carboxylic acids is 3. The number of ether oxygens (including phenoxy) is 2. The number of nitrogens with one attached hydrogen (secondary N) is 2. The molecule has 0 fully saturated rings. The van der Waals surface area contributed by atoms with E-state index in [1.807, 2.05) is 6.92 Å². The SMILES string of the molecule is CCCCOC(=O)C(Cc1ccc(O)c(O)c1)NC(=O)CCCNC(=O)OC(C)(C)C. The third-order valence-electron chi connectivity index (χ3n) is 4.09. The average molecular weight is 439 g/mol. The molecular weight excluding hydrogens is 404 g/mol. The summed E-state index contributed by atoms with van der Waals surface area (Å²) in [5.74, 6) is -1.52. The predicted octanol–water partition coefficient (Wildman–Crippen LogP) is 2.77. The van der Waals surface area contributed by atoms with Crippen LogP contribution in [0.4, 0.5) is 4.79 Å². The molecule has 1 aromatic rings. The minimum absolute atomic E-state index is 0.0926. The van der Waals surface area contributed by atoms with Gasteiger partial charge in [-0.1, -0.05) is 19.4 Å². The van der Waals surface area contributed by atoms with Gasteiger partial charge in [0.1, 0.15) is 11.6 Å². The molecular formula is C22H34N2O7. The Morgan fingerprint density at radius 2 is 1.81 bits per heavy atom. The lowest BCUT2D eigenvalue weighted by molar-refractivity contribution is -0.148. The van der Waals surface area contributed by atoms with Gasteiger partial charge in [-0.3, -0.25) is 4.79 Å². The van der Waals surface area contributed by atoms with Gasteiger partial charge in [0.2, 0.25) is 5.91 Å². The zero-order chi connectivity index (χ0) is 23.4. The van der Waals surface area contributed by atoms with Crippen molar-refractivity contribution in [3.63, 3.8) is 0 Å². The number of carbonyl (C=O) groups is 3. The fourth-order valence-corrected chi connectivity index (χ4v) is 2.56. The van der Waals surface area contributed by atoms with Crippen LogP contribution in [-0.4, -0.2) is 53.0 Å². The van der Waals surface area contributed by atoms with Crippen molar-refractivity contribution in [3.8, 4) is 11.5 Å². The number of phenols is 2. The fourth-order valence-electron chi connectivity index (χ4n) is 2.56. The summed E-state index contributed by atoms with van der Waals surface area (Å²) in [4.78, 5) is 36.4. The van der Waals surface area contributed by atoms with E-state index in [0.29, 0.717) is 18.4 Å². The van der Waals surface area contributed by atoms with E-state index in [0.717, 1.165) is 6.42 Å². The lowest BCUT2D eigenvalue weighted by atomic mass is 10.0. The number of phenolic OH excluding ortho intramolecular Hbond substituents is 2. The van der Waals surface area contributed by atoms with Crippen LogP contribution in [0.3, 0.4) is 0 Å². The number of rotatable bonds is 11. The van der Waals surface area contributed by atoms with Crippen molar-refractivity contribution in [2.45, 2.75) is 71.4 Å². The molecule has 0 saturated carbocycles. The third-order valence-corrected chi connectivity index (χ3v) is 4.09. The fraction of sp³-hybridized carbons (Fsp3) is 0.591. The Kier molecular flexibility index (Phi) is 10.6. The van der Waals surface area contributed by atoms with Crippen molar-refractivity contribution >= 4 is 18.0 Å². The van der Waals surface area contributed by atoms with Crippen LogP contribution in [0.5, 0.6) is 11.5 Å². The molecule has 0 saturated heterocycles. The van der Waals surface area contributed by atoms with Crippen molar-refractivity contribution in [1.82, 2.24) is 10.6 Å². The van der Waals surface area contributed by atoms with Gasteiger partial charge in [-0.15, -0.1) is 0 Å². The van der Waals surface area contributed by atoms with Gasteiger partial charge < -0.3 is 30.3 Å². The van der Waals surface area contributed by atoms with Crippen LogP contribution >= 0.6 is 0 Å². The van der Waals surface area contributed by atoms with E-state index in [1.165, 1.54) is 12.1 Å². The van der Waals surface area contributed by atoms with Gasteiger partial charge in [0, 0.05) is 19.4 Å². The lowest BCUT2D eigenvalue weighted by Gasteiger charge is -2.20. The second kappa shape index (κ2) is 12.7. The largest absolute Gasteiger partial charge is 0.504 e. The van der Waals surface area contributed by atoms with Crippen LogP contribution in [-0.2, 0) is 25.5 Å². The molecule has 0 radical (unpaired) electrons. The standard InChI is InChI=1S/C22H34N2O7/c1-5-6-12-30-20(28)16(13-15-9-10-17(25)18(26)14-15)24-19(27)8-7-11-23-21(29)31-22(2,3)4/h9-10,14,16,25-26H,5-8,11-13H2,1-4H3,(H,23,29)(H,24,27). The van der Waals surface area contributed by atoms with Gasteiger partial charge in [0.05, 0.1) is 6.61 Å². The van der Waals surface area contributed by atoms with E-state index < -0.39 is 23.7 Å². The van der Waals surface area contributed by atoms with Crippen molar-refractivity contribution in [3.05, 3.63) is 23.8 Å². The predicted molar refractivity (Wildman–Crippen MR) is 115 cm³/mol.